The summed E-state index contributed by atoms with van der Waals surface area (Å²) in [5, 5.41) is 12.5. The van der Waals surface area contributed by atoms with E-state index in [1.54, 1.807) is 6.92 Å². The number of aliphatic hydroxyl groups is 1. The predicted molar refractivity (Wildman–Crippen MR) is 71.6 cm³/mol. The van der Waals surface area contributed by atoms with Crippen LogP contribution in [0.2, 0.25) is 0 Å². The summed E-state index contributed by atoms with van der Waals surface area (Å²) in [7, 11) is 0. The van der Waals surface area contributed by atoms with E-state index in [1.165, 1.54) is 0 Å². The number of rotatable bonds is 5. The summed E-state index contributed by atoms with van der Waals surface area (Å²) in [5.74, 6) is 0. The number of hydrogen-bond acceptors (Lipinski definition) is 3. The second-order valence-electron chi connectivity index (χ2n) is 4.70. The van der Waals surface area contributed by atoms with Crippen molar-refractivity contribution in [2.75, 3.05) is 6.54 Å². The summed E-state index contributed by atoms with van der Waals surface area (Å²) >= 11 is 0. The van der Waals surface area contributed by atoms with Gasteiger partial charge in [-0.1, -0.05) is 6.07 Å². The molecule has 2 rings (SSSR count). The van der Waals surface area contributed by atoms with Crippen molar-refractivity contribution < 1.29 is 5.11 Å². The summed E-state index contributed by atoms with van der Waals surface area (Å²) in [6.45, 7) is 4.61. The van der Waals surface area contributed by atoms with Crippen molar-refractivity contribution in [2.24, 2.45) is 0 Å². The third kappa shape index (κ3) is 3.00. The quantitative estimate of drug-likeness (QED) is 0.644. The Balaban J connectivity index is 2.07. The van der Waals surface area contributed by atoms with Crippen LogP contribution in [-0.4, -0.2) is 27.7 Å². The van der Waals surface area contributed by atoms with Crippen molar-refractivity contribution in [1.82, 2.24) is 15.3 Å². The monoisotopic (exact) mass is 249 g/mol. The zero-order valence-electron chi connectivity index (χ0n) is 10.7. The van der Waals surface area contributed by atoms with E-state index in [2.05, 4.69) is 22.2 Å². The third-order valence-electron chi connectivity index (χ3n) is 3.05. The lowest BCUT2D eigenvalue weighted by atomic mass is 10.1. The molecule has 0 aliphatic heterocycles. The molecule has 0 aliphatic rings. The van der Waals surface area contributed by atoms with Crippen LogP contribution in [0.3, 0.4) is 0 Å². The number of H-pyrrole nitrogens is 2. The van der Waals surface area contributed by atoms with Gasteiger partial charge in [0.05, 0.1) is 17.1 Å². The Kier molecular flexibility index (Phi) is 3.84. The first-order valence-corrected chi connectivity index (χ1v) is 6.19. The van der Waals surface area contributed by atoms with Crippen LogP contribution in [0, 0.1) is 0 Å². The number of hydrogen-bond donors (Lipinski definition) is 4. The summed E-state index contributed by atoms with van der Waals surface area (Å²) in [4.78, 5) is 16.6. The van der Waals surface area contributed by atoms with Crippen LogP contribution in [0.15, 0.2) is 23.0 Å². The molecule has 0 saturated carbocycles. The SMILES string of the molecule is CC(O)CCNC(C)c1ccc2[nH]c(=O)[nH]c2c1. The van der Waals surface area contributed by atoms with E-state index >= 15 is 0 Å². The fourth-order valence-electron chi connectivity index (χ4n) is 1.95. The summed E-state index contributed by atoms with van der Waals surface area (Å²) in [6.07, 6.45) is 0.446. The van der Waals surface area contributed by atoms with Crippen molar-refractivity contribution in [3.8, 4) is 0 Å². The van der Waals surface area contributed by atoms with Crippen molar-refractivity contribution >= 4 is 11.0 Å². The number of nitrogens with one attached hydrogen (secondary N) is 3. The number of fused-ring (bicyclic) bond motifs is 1. The zero-order chi connectivity index (χ0) is 13.1. The molecule has 98 valence electrons. The van der Waals surface area contributed by atoms with E-state index < -0.39 is 0 Å². The van der Waals surface area contributed by atoms with E-state index in [0.717, 1.165) is 29.6 Å². The fourth-order valence-corrected chi connectivity index (χ4v) is 1.95. The van der Waals surface area contributed by atoms with E-state index in [-0.39, 0.29) is 17.8 Å². The van der Waals surface area contributed by atoms with E-state index in [1.807, 2.05) is 18.2 Å². The molecule has 1 aromatic heterocycles. The second-order valence-corrected chi connectivity index (χ2v) is 4.70. The Morgan fingerprint density at radius 2 is 2.00 bits per heavy atom. The van der Waals surface area contributed by atoms with Crippen molar-refractivity contribution in [1.29, 1.82) is 0 Å². The van der Waals surface area contributed by atoms with Crippen molar-refractivity contribution in [2.45, 2.75) is 32.4 Å². The highest BCUT2D eigenvalue weighted by Crippen LogP contribution is 2.16. The highest BCUT2D eigenvalue weighted by molar-refractivity contribution is 5.75. The molecular formula is C13H19N3O2. The van der Waals surface area contributed by atoms with Crippen LogP contribution >= 0.6 is 0 Å². The Labute approximate surface area is 105 Å². The van der Waals surface area contributed by atoms with Crippen LogP contribution in [0.1, 0.15) is 31.9 Å². The van der Waals surface area contributed by atoms with Crippen molar-refractivity contribution in [3.63, 3.8) is 0 Å². The standard InChI is InChI=1S/C13H19N3O2/c1-8(17)5-6-14-9(2)10-3-4-11-12(7-10)16-13(18)15-11/h3-4,7-9,14,17H,5-6H2,1-2H3,(H2,15,16,18). The molecule has 0 amide bonds. The largest absolute Gasteiger partial charge is 0.393 e. The van der Waals surface area contributed by atoms with Crippen LogP contribution in [-0.2, 0) is 0 Å². The van der Waals surface area contributed by atoms with Gasteiger partial charge in [0, 0.05) is 6.04 Å². The molecule has 0 aliphatic carbocycles. The first-order valence-electron chi connectivity index (χ1n) is 6.19. The molecule has 2 atom stereocenters. The molecule has 0 saturated heterocycles. The maximum Gasteiger partial charge on any atom is 0.323 e. The molecule has 2 unspecified atom stereocenters. The lowest BCUT2D eigenvalue weighted by Gasteiger charge is -2.15. The first-order chi connectivity index (χ1) is 8.56. The molecule has 4 N–H and O–H groups in total. The molecule has 5 nitrogen and oxygen atoms in total. The molecule has 5 heteroatoms. The zero-order valence-corrected chi connectivity index (χ0v) is 10.7. The van der Waals surface area contributed by atoms with Crippen molar-refractivity contribution in [3.05, 3.63) is 34.2 Å². The lowest BCUT2D eigenvalue weighted by molar-refractivity contribution is 0.182. The highest BCUT2D eigenvalue weighted by atomic mass is 16.3. The molecule has 0 fully saturated rings. The fraction of sp³-hybridized carbons (Fsp3) is 0.462. The Hall–Kier alpha value is -1.59. The molecule has 2 aromatic rings. The maximum absolute atomic E-state index is 11.2. The van der Waals surface area contributed by atoms with Gasteiger partial charge in [-0.2, -0.15) is 0 Å². The molecule has 0 bridgehead atoms. The second kappa shape index (κ2) is 5.37. The molecule has 0 radical (unpaired) electrons. The normalized spacial score (nSPS) is 14.8. The topological polar surface area (TPSA) is 80.9 Å². The van der Waals surface area contributed by atoms with Gasteiger partial charge in [-0.3, -0.25) is 0 Å². The van der Waals surface area contributed by atoms with Gasteiger partial charge in [-0.15, -0.1) is 0 Å². The minimum absolute atomic E-state index is 0.183. The molecule has 18 heavy (non-hydrogen) atoms. The van der Waals surface area contributed by atoms with Crippen LogP contribution < -0.4 is 11.0 Å². The van der Waals surface area contributed by atoms with Crippen LogP contribution in [0.5, 0.6) is 0 Å². The number of imidazole rings is 1. The molecular weight excluding hydrogens is 230 g/mol. The number of aromatic nitrogens is 2. The Morgan fingerprint density at radius 3 is 2.72 bits per heavy atom. The summed E-state index contributed by atoms with van der Waals surface area (Å²) < 4.78 is 0. The van der Waals surface area contributed by atoms with Gasteiger partial charge in [0.25, 0.3) is 0 Å². The number of benzene rings is 1. The number of aromatic amines is 2. The maximum atomic E-state index is 11.2. The van der Waals surface area contributed by atoms with E-state index in [0.29, 0.717) is 0 Å². The van der Waals surface area contributed by atoms with E-state index in [9.17, 15) is 9.90 Å². The van der Waals surface area contributed by atoms with Gasteiger partial charge >= 0.3 is 5.69 Å². The highest BCUT2D eigenvalue weighted by Gasteiger charge is 2.07. The van der Waals surface area contributed by atoms with Gasteiger partial charge in [-0.25, -0.2) is 4.79 Å². The van der Waals surface area contributed by atoms with Gasteiger partial charge in [0.2, 0.25) is 0 Å². The van der Waals surface area contributed by atoms with Gasteiger partial charge in [0.1, 0.15) is 0 Å². The predicted octanol–water partition coefficient (Wildman–Crippen LogP) is 1.28. The van der Waals surface area contributed by atoms with Crippen LogP contribution in [0.25, 0.3) is 11.0 Å². The lowest BCUT2D eigenvalue weighted by Crippen LogP contribution is -2.22. The van der Waals surface area contributed by atoms with E-state index in [4.69, 9.17) is 0 Å². The molecule has 1 aromatic carbocycles. The first kappa shape index (κ1) is 12.9. The minimum Gasteiger partial charge on any atom is -0.393 e. The third-order valence-corrected chi connectivity index (χ3v) is 3.05. The molecule has 1 heterocycles. The average Bonchev–Trinajstić information content (AvgIpc) is 2.67. The minimum atomic E-state index is -0.284. The van der Waals surface area contributed by atoms with Crippen LogP contribution in [0.4, 0.5) is 0 Å². The van der Waals surface area contributed by atoms with Gasteiger partial charge in [-0.05, 0) is 44.5 Å². The molecule has 0 spiro atoms. The van der Waals surface area contributed by atoms with Gasteiger partial charge < -0.3 is 20.4 Å². The summed E-state index contributed by atoms with van der Waals surface area (Å²) in [6, 6.07) is 6.04. The van der Waals surface area contributed by atoms with Gasteiger partial charge in [0.15, 0.2) is 0 Å². The average molecular weight is 249 g/mol. The number of aliphatic hydroxyl groups excluding tert-OH is 1. The summed E-state index contributed by atoms with van der Waals surface area (Å²) in [5.41, 5.74) is 2.57. The smallest absolute Gasteiger partial charge is 0.323 e. The Morgan fingerprint density at radius 1 is 1.28 bits per heavy atom. The Bertz CT molecular complexity index is 571.